The average Bonchev–Trinajstić information content (AvgIpc) is 2.14. The summed E-state index contributed by atoms with van der Waals surface area (Å²) < 4.78 is 44.6. The van der Waals surface area contributed by atoms with Gasteiger partial charge in [-0.1, -0.05) is 6.07 Å². The van der Waals surface area contributed by atoms with E-state index < -0.39 is 31.4 Å². The minimum atomic E-state index is -3.78. The Kier molecular flexibility index (Phi) is 3.66. The summed E-state index contributed by atoms with van der Waals surface area (Å²) in [5.41, 5.74) is 0.552. The lowest BCUT2D eigenvalue weighted by Gasteiger charge is -2.03. The van der Waals surface area contributed by atoms with Crippen molar-refractivity contribution in [2.45, 2.75) is 11.9 Å². The smallest absolute Gasteiger partial charge is 0.210 e. The molecular weight excluding hydrogens is 252 g/mol. The number of sulfonamides is 1. The summed E-state index contributed by atoms with van der Waals surface area (Å²) in [5, 5.41) is 4.61. The maximum atomic E-state index is 11.6. The Morgan fingerprint density at radius 2 is 1.81 bits per heavy atom. The molecule has 1 heterocycles. The molecule has 2 N–H and O–H groups in total. The van der Waals surface area contributed by atoms with Crippen molar-refractivity contribution in [1.82, 2.24) is 4.98 Å². The quantitative estimate of drug-likeness (QED) is 0.785. The van der Waals surface area contributed by atoms with Crippen LogP contribution in [0.2, 0.25) is 0 Å². The molecule has 16 heavy (non-hydrogen) atoms. The topological polar surface area (TPSA) is 107 Å². The van der Waals surface area contributed by atoms with Crippen LogP contribution in [0.5, 0.6) is 0 Å². The first-order valence-corrected chi connectivity index (χ1v) is 7.74. The molecule has 0 bridgehead atoms. The Morgan fingerprint density at radius 1 is 1.19 bits per heavy atom. The van der Waals surface area contributed by atoms with Gasteiger partial charge in [0, 0.05) is 5.69 Å². The summed E-state index contributed by atoms with van der Waals surface area (Å²) in [4.78, 5) is 3.82. The largest absolute Gasteiger partial charge is 0.242 e. The van der Waals surface area contributed by atoms with Gasteiger partial charge in [-0.3, -0.25) is 0 Å². The number of pyridine rings is 1. The third kappa shape index (κ3) is 3.87. The van der Waals surface area contributed by atoms with Gasteiger partial charge in [0.2, 0.25) is 10.0 Å². The first-order chi connectivity index (χ1) is 7.21. The number of nitrogens with zero attached hydrogens (tertiary/aromatic N) is 1. The molecule has 0 aliphatic carbocycles. The van der Waals surface area contributed by atoms with E-state index in [2.05, 4.69) is 4.98 Å². The Bertz CT molecular complexity index is 578. The van der Waals surface area contributed by atoms with Gasteiger partial charge in [0.05, 0.1) is 11.5 Å². The number of sulfone groups is 1. The van der Waals surface area contributed by atoms with Gasteiger partial charge in [-0.2, -0.15) is 0 Å². The minimum absolute atomic E-state index is 0.129. The predicted molar refractivity (Wildman–Crippen MR) is 59.0 cm³/mol. The highest BCUT2D eigenvalue weighted by molar-refractivity contribution is 7.94. The zero-order chi connectivity index (χ0) is 12.4. The van der Waals surface area contributed by atoms with Crippen LogP contribution in [-0.4, -0.2) is 33.3 Å². The summed E-state index contributed by atoms with van der Waals surface area (Å²) in [6, 6.07) is 4.52. The molecule has 8 heteroatoms. The van der Waals surface area contributed by atoms with Crippen molar-refractivity contribution in [1.29, 1.82) is 0 Å². The third-order valence-electron chi connectivity index (χ3n) is 1.82. The molecule has 0 unspecified atom stereocenters. The standard InChI is InChI=1S/C8H12N2O4S2/c1-7-3-2-4-8(10-7)15(11,12)5-6-16(9,13)14/h2-4H,5-6H2,1H3,(H2,9,13,14). The van der Waals surface area contributed by atoms with E-state index in [9.17, 15) is 16.8 Å². The molecule has 0 amide bonds. The van der Waals surface area contributed by atoms with Crippen LogP contribution in [0.1, 0.15) is 5.69 Å². The van der Waals surface area contributed by atoms with Crippen LogP contribution in [0.15, 0.2) is 23.2 Å². The highest BCUT2D eigenvalue weighted by Crippen LogP contribution is 2.08. The van der Waals surface area contributed by atoms with Crippen LogP contribution in [0, 0.1) is 6.92 Å². The molecule has 1 rings (SSSR count). The van der Waals surface area contributed by atoms with E-state index in [4.69, 9.17) is 5.14 Å². The van der Waals surface area contributed by atoms with Crippen LogP contribution in [0.25, 0.3) is 0 Å². The van der Waals surface area contributed by atoms with Gasteiger partial charge in [-0.05, 0) is 19.1 Å². The first kappa shape index (κ1) is 13.1. The van der Waals surface area contributed by atoms with Crippen LogP contribution >= 0.6 is 0 Å². The zero-order valence-electron chi connectivity index (χ0n) is 8.62. The Balaban J connectivity index is 2.95. The van der Waals surface area contributed by atoms with E-state index >= 15 is 0 Å². The fraction of sp³-hybridized carbons (Fsp3) is 0.375. The van der Waals surface area contributed by atoms with Crippen molar-refractivity contribution in [2.24, 2.45) is 5.14 Å². The third-order valence-corrected chi connectivity index (χ3v) is 4.46. The fourth-order valence-corrected chi connectivity index (χ4v) is 3.61. The van der Waals surface area contributed by atoms with Crippen molar-refractivity contribution in [3.63, 3.8) is 0 Å². The van der Waals surface area contributed by atoms with Crippen molar-refractivity contribution < 1.29 is 16.8 Å². The van der Waals surface area contributed by atoms with Crippen LogP contribution in [-0.2, 0) is 19.9 Å². The number of hydrogen-bond donors (Lipinski definition) is 1. The highest BCUT2D eigenvalue weighted by atomic mass is 32.2. The second-order valence-corrected chi connectivity index (χ2v) is 7.09. The average molecular weight is 264 g/mol. The minimum Gasteiger partial charge on any atom is -0.242 e. The molecule has 90 valence electrons. The molecule has 0 aliphatic heterocycles. The lowest BCUT2D eigenvalue weighted by atomic mass is 10.4. The van der Waals surface area contributed by atoms with E-state index in [0.29, 0.717) is 5.69 Å². The summed E-state index contributed by atoms with van der Waals surface area (Å²) >= 11 is 0. The van der Waals surface area contributed by atoms with Crippen molar-refractivity contribution >= 4 is 19.9 Å². The molecule has 1 aromatic heterocycles. The maximum absolute atomic E-state index is 11.6. The Labute approximate surface area is 94.5 Å². The van der Waals surface area contributed by atoms with Crippen LogP contribution in [0.3, 0.4) is 0 Å². The summed E-state index contributed by atoms with van der Waals surface area (Å²) in [6.07, 6.45) is 0. The number of nitrogens with two attached hydrogens (primary N) is 1. The molecule has 1 aromatic rings. The van der Waals surface area contributed by atoms with E-state index in [-0.39, 0.29) is 5.03 Å². The van der Waals surface area contributed by atoms with Gasteiger partial charge in [-0.25, -0.2) is 27.0 Å². The van der Waals surface area contributed by atoms with Gasteiger partial charge in [-0.15, -0.1) is 0 Å². The van der Waals surface area contributed by atoms with E-state index in [1.807, 2.05) is 0 Å². The van der Waals surface area contributed by atoms with Gasteiger partial charge in [0.1, 0.15) is 0 Å². The summed E-state index contributed by atoms with van der Waals surface area (Å²) in [7, 11) is -7.47. The first-order valence-electron chi connectivity index (χ1n) is 4.38. The molecule has 6 nitrogen and oxygen atoms in total. The molecule has 0 atom stereocenters. The normalized spacial score (nSPS) is 12.6. The van der Waals surface area contributed by atoms with Gasteiger partial charge in [0.15, 0.2) is 14.9 Å². The monoisotopic (exact) mass is 264 g/mol. The summed E-state index contributed by atoms with van der Waals surface area (Å²) in [6.45, 7) is 1.65. The van der Waals surface area contributed by atoms with Gasteiger partial charge < -0.3 is 0 Å². The number of primary sulfonamides is 1. The summed E-state index contributed by atoms with van der Waals surface area (Å²) in [5.74, 6) is -1.16. The van der Waals surface area contributed by atoms with Gasteiger partial charge >= 0.3 is 0 Å². The second kappa shape index (κ2) is 4.48. The van der Waals surface area contributed by atoms with Crippen LogP contribution in [0.4, 0.5) is 0 Å². The molecule has 0 fully saturated rings. The number of aromatic nitrogens is 1. The fourth-order valence-electron chi connectivity index (χ4n) is 1.02. The molecule has 0 radical (unpaired) electrons. The Hall–Kier alpha value is -0.990. The molecule has 0 aromatic carbocycles. The van der Waals surface area contributed by atoms with E-state index in [0.717, 1.165) is 0 Å². The van der Waals surface area contributed by atoms with Crippen molar-refractivity contribution in [3.8, 4) is 0 Å². The molecule has 0 spiro atoms. The number of hydrogen-bond acceptors (Lipinski definition) is 5. The van der Waals surface area contributed by atoms with E-state index in [1.54, 1.807) is 19.1 Å². The van der Waals surface area contributed by atoms with Crippen molar-refractivity contribution in [3.05, 3.63) is 23.9 Å². The Morgan fingerprint density at radius 3 is 2.31 bits per heavy atom. The number of aryl methyl sites for hydroxylation is 1. The second-order valence-electron chi connectivity index (χ2n) is 3.30. The molecule has 0 saturated carbocycles. The van der Waals surface area contributed by atoms with Gasteiger partial charge in [0.25, 0.3) is 0 Å². The van der Waals surface area contributed by atoms with Crippen LogP contribution < -0.4 is 5.14 Å². The molecule has 0 saturated heterocycles. The maximum Gasteiger partial charge on any atom is 0.210 e. The zero-order valence-corrected chi connectivity index (χ0v) is 10.3. The molecule has 0 aliphatic rings. The SMILES string of the molecule is Cc1cccc(S(=O)(=O)CCS(N)(=O)=O)n1. The van der Waals surface area contributed by atoms with E-state index in [1.165, 1.54) is 6.07 Å². The van der Waals surface area contributed by atoms with Crippen molar-refractivity contribution in [2.75, 3.05) is 11.5 Å². The number of rotatable bonds is 4. The predicted octanol–water partition coefficient (Wildman–Crippen LogP) is -0.548. The lowest BCUT2D eigenvalue weighted by molar-refractivity contribution is 0.586. The lowest BCUT2D eigenvalue weighted by Crippen LogP contribution is -2.23. The highest BCUT2D eigenvalue weighted by Gasteiger charge is 2.18. The molecular formula is C8H12N2O4S2.